The van der Waals surface area contributed by atoms with E-state index in [1.807, 2.05) is 60.7 Å². The molecule has 0 aromatic heterocycles. The normalized spacial score (nSPS) is 11.3. The Morgan fingerprint density at radius 2 is 1.65 bits per heavy atom. The van der Waals surface area contributed by atoms with E-state index >= 15 is 0 Å². The summed E-state index contributed by atoms with van der Waals surface area (Å²) in [6.07, 6.45) is 3.60. The van der Waals surface area contributed by atoms with Gasteiger partial charge in [-0.3, -0.25) is 0 Å². The molecule has 0 aliphatic rings. The second-order valence-corrected chi connectivity index (χ2v) is 8.63. The van der Waals surface area contributed by atoms with E-state index in [1.54, 1.807) is 13.2 Å². The first-order valence-electron chi connectivity index (χ1n) is 11.3. The molecule has 4 heteroatoms. The number of benzene rings is 4. The van der Waals surface area contributed by atoms with Crippen LogP contribution in [0.15, 0.2) is 84.9 Å². The Morgan fingerprint density at radius 3 is 2.29 bits per heavy atom. The predicted octanol–water partition coefficient (Wildman–Crippen LogP) is 7.60. The van der Waals surface area contributed by atoms with Crippen LogP contribution >= 0.6 is 0 Å². The second kappa shape index (κ2) is 10.3. The lowest BCUT2D eigenvalue weighted by Crippen LogP contribution is -2.01. The molecule has 0 aliphatic carbocycles. The van der Waals surface area contributed by atoms with E-state index < -0.39 is 5.97 Å². The van der Waals surface area contributed by atoms with Gasteiger partial charge < -0.3 is 14.6 Å². The van der Waals surface area contributed by atoms with E-state index in [2.05, 4.69) is 32.0 Å². The van der Waals surface area contributed by atoms with Crippen LogP contribution in [0.3, 0.4) is 0 Å². The third-order valence-corrected chi connectivity index (χ3v) is 5.59. The minimum absolute atomic E-state index is 0.471. The van der Waals surface area contributed by atoms with Crippen LogP contribution in [0.1, 0.15) is 25.0 Å². The third-order valence-electron chi connectivity index (χ3n) is 5.59. The van der Waals surface area contributed by atoms with Crippen molar-refractivity contribution in [3.63, 3.8) is 0 Å². The first kappa shape index (κ1) is 23.1. The van der Waals surface area contributed by atoms with Crippen molar-refractivity contribution in [3.05, 3.63) is 96.1 Å². The Labute approximate surface area is 200 Å². The maximum atomic E-state index is 10.8. The molecule has 0 radical (unpaired) electrons. The van der Waals surface area contributed by atoms with Gasteiger partial charge in [-0.05, 0) is 70.8 Å². The fourth-order valence-electron chi connectivity index (χ4n) is 4.09. The number of hydrogen-bond acceptors (Lipinski definition) is 3. The summed E-state index contributed by atoms with van der Waals surface area (Å²) in [6, 6.07) is 26.0. The zero-order chi connectivity index (χ0) is 24.1. The standard InChI is InChI=1S/C30H28O4/c1-20(2)17-24-18-23-19-26(33-3)14-15-27(23)30(29(24)22-7-5-4-6-8-22)34-25-12-9-21(10-13-25)11-16-28(31)32/h4-16,18-20H,17H2,1-3H3,(H,31,32). The Kier molecular flexibility index (Phi) is 6.98. The number of aliphatic carboxylic acids is 1. The van der Waals surface area contributed by atoms with Crippen LogP contribution < -0.4 is 9.47 Å². The SMILES string of the molecule is COc1ccc2c(Oc3ccc(C=CC(=O)O)cc3)c(-c3ccccc3)c(CC(C)C)cc2c1. The van der Waals surface area contributed by atoms with E-state index in [9.17, 15) is 4.79 Å². The highest BCUT2D eigenvalue weighted by Gasteiger charge is 2.19. The zero-order valence-corrected chi connectivity index (χ0v) is 19.6. The minimum Gasteiger partial charge on any atom is -0.497 e. The first-order chi connectivity index (χ1) is 16.4. The van der Waals surface area contributed by atoms with Crippen molar-refractivity contribution in [2.45, 2.75) is 20.3 Å². The molecule has 172 valence electrons. The molecule has 0 bridgehead atoms. The van der Waals surface area contributed by atoms with Crippen molar-refractivity contribution in [2.75, 3.05) is 7.11 Å². The van der Waals surface area contributed by atoms with Gasteiger partial charge in [0.15, 0.2) is 0 Å². The van der Waals surface area contributed by atoms with Gasteiger partial charge in [-0.25, -0.2) is 4.79 Å². The number of hydrogen-bond donors (Lipinski definition) is 1. The van der Waals surface area contributed by atoms with Crippen LogP contribution in [0.25, 0.3) is 28.0 Å². The predicted molar refractivity (Wildman–Crippen MR) is 138 cm³/mol. The summed E-state index contributed by atoms with van der Waals surface area (Å²) in [5.41, 5.74) is 4.20. The van der Waals surface area contributed by atoms with Crippen molar-refractivity contribution in [2.24, 2.45) is 5.92 Å². The molecule has 0 aliphatic heterocycles. The number of carbonyl (C=O) groups is 1. The Hall–Kier alpha value is -4.05. The van der Waals surface area contributed by atoms with Gasteiger partial charge in [0.25, 0.3) is 0 Å². The summed E-state index contributed by atoms with van der Waals surface area (Å²) in [5.74, 6) is 1.78. The highest BCUT2D eigenvalue weighted by atomic mass is 16.5. The lowest BCUT2D eigenvalue weighted by molar-refractivity contribution is -0.131. The van der Waals surface area contributed by atoms with Gasteiger partial charge >= 0.3 is 5.97 Å². The number of methoxy groups -OCH3 is 1. The van der Waals surface area contributed by atoms with Gasteiger partial charge in [-0.15, -0.1) is 0 Å². The average Bonchev–Trinajstić information content (AvgIpc) is 2.83. The van der Waals surface area contributed by atoms with Gasteiger partial charge in [0.05, 0.1) is 7.11 Å². The Morgan fingerprint density at radius 1 is 0.941 bits per heavy atom. The summed E-state index contributed by atoms with van der Waals surface area (Å²) in [4.78, 5) is 10.8. The highest BCUT2D eigenvalue weighted by Crippen LogP contribution is 2.43. The third kappa shape index (κ3) is 5.29. The molecular formula is C30H28O4. The summed E-state index contributed by atoms with van der Waals surface area (Å²) >= 11 is 0. The fourth-order valence-corrected chi connectivity index (χ4v) is 4.09. The summed E-state index contributed by atoms with van der Waals surface area (Å²) in [6.45, 7) is 4.43. The molecular weight excluding hydrogens is 424 g/mol. The average molecular weight is 453 g/mol. The van der Waals surface area contributed by atoms with E-state index in [1.165, 1.54) is 5.56 Å². The number of rotatable bonds is 8. The first-order valence-corrected chi connectivity index (χ1v) is 11.3. The molecule has 0 spiro atoms. The molecule has 4 nitrogen and oxygen atoms in total. The van der Waals surface area contributed by atoms with Gasteiger partial charge in [0.1, 0.15) is 17.2 Å². The molecule has 4 aromatic carbocycles. The maximum Gasteiger partial charge on any atom is 0.328 e. The number of carboxylic acids is 1. The van der Waals surface area contributed by atoms with Crippen molar-refractivity contribution in [1.29, 1.82) is 0 Å². The Bertz CT molecular complexity index is 1320. The molecule has 0 saturated heterocycles. The van der Waals surface area contributed by atoms with E-state index in [4.69, 9.17) is 14.6 Å². The van der Waals surface area contributed by atoms with Gasteiger partial charge in [0, 0.05) is 17.0 Å². The largest absolute Gasteiger partial charge is 0.497 e. The van der Waals surface area contributed by atoms with Crippen molar-refractivity contribution in [1.82, 2.24) is 0 Å². The second-order valence-electron chi connectivity index (χ2n) is 8.63. The molecule has 4 aromatic rings. The number of carboxylic acid groups (broad SMARTS) is 1. The number of fused-ring (bicyclic) bond motifs is 1. The van der Waals surface area contributed by atoms with E-state index in [0.717, 1.165) is 51.5 Å². The topological polar surface area (TPSA) is 55.8 Å². The lowest BCUT2D eigenvalue weighted by atomic mass is 9.89. The minimum atomic E-state index is -0.975. The van der Waals surface area contributed by atoms with Crippen LogP contribution in [0.5, 0.6) is 17.2 Å². The zero-order valence-electron chi connectivity index (χ0n) is 19.6. The Balaban J connectivity index is 1.89. The summed E-state index contributed by atoms with van der Waals surface area (Å²) in [7, 11) is 1.67. The van der Waals surface area contributed by atoms with Crippen molar-refractivity contribution >= 4 is 22.8 Å². The molecule has 0 unspecified atom stereocenters. The van der Waals surface area contributed by atoms with Crippen LogP contribution in [-0.4, -0.2) is 18.2 Å². The van der Waals surface area contributed by atoms with Crippen molar-refractivity contribution < 1.29 is 19.4 Å². The van der Waals surface area contributed by atoms with E-state index in [0.29, 0.717) is 11.7 Å². The van der Waals surface area contributed by atoms with Crippen LogP contribution in [0, 0.1) is 5.92 Å². The molecule has 1 N–H and O–H groups in total. The molecule has 0 amide bonds. The lowest BCUT2D eigenvalue weighted by Gasteiger charge is -2.20. The van der Waals surface area contributed by atoms with Crippen LogP contribution in [-0.2, 0) is 11.2 Å². The van der Waals surface area contributed by atoms with Crippen molar-refractivity contribution in [3.8, 4) is 28.4 Å². The van der Waals surface area contributed by atoms with Crippen LogP contribution in [0.2, 0.25) is 0 Å². The molecule has 0 saturated carbocycles. The molecule has 0 heterocycles. The van der Waals surface area contributed by atoms with Gasteiger partial charge in [-0.1, -0.05) is 62.4 Å². The van der Waals surface area contributed by atoms with Gasteiger partial charge in [0.2, 0.25) is 0 Å². The van der Waals surface area contributed by atoms with E-state index in [-0.39, 0.29) is 0 Å². The fraction of sp³-hybridized carbons (Fsp3) is 0.167. The number of ether oxygens (including phenoxy) is 2. The van der Waals surface area contributed by atoms with Crippen LogP contribution in [0.4, 0.5) is 0 Å². The molecule has 0 fully saturated rings. The quantitative estimate of drug-likeness (QED) is 0.280. The monoisotopic (exact) mass is 452 g/mol. The molecule has 0 atom stereocenters. The molecule has 4 rings (SSSR count). The summed E-state index contributed by atoms with van der Waals surface area (Å²) in [5, 5.41) is 10.9. The maximum absolute atomic E-state index is 10.8. The summed E-state index contributed by atoms with van der Waals surface area (Å²) < 4.78 is 12.1. The smallest absolute Gasteiger partial charge is 0.328 e. The van der Waals surface area contributed by atoms with Gasteiger partial charge in [-0.2, -0.15) is 0 Å². The highest BCUT2D eigenvalue weighted by molar-refractivity contribution is 5.98. The molecule has 34 heavy (non-hydrogen) atoms.